The summed E-state index contributed by atoms with van der Waals surface area (Å²) >= 11 is 1.59. The molecule has 0 aromatic heterocycles. The van der Waals surface area contributed by atoms with Gasteiger partial charge in [0.2, 0.25) is 0 Å². The third-order valence-corrected chi connectivity index (χ3v) is 4.46. The standard InChI is InChI=1S/C19H24N2O2S/c1-12-6-7-13(2)16(10-12)24-17-11-14(8-9-15(17)20)21-18(22)23-19(3,4)5/h6-11H,20H2,1-5H3,(H,21,22). The highest BCUT2D eigenvalue weighted by atomic mass is 32.2. The lowest BCUT2D eigenvalue weighted by molar-refractivity contribution is 0.0636. The zero-order valence-electron chi connectivity index (χ0n) is 14.8. The number of rotatable bonds is 3. The van der Waals surface area contributed by atoms with Gasteiger partial charge in [0.05, 0.1) is 0 Å². The molecule has 24 heavy (non-hydrogen) atoms. The number of anilines is 2. The second-order valence-electron chi connectivity index (χ2n) is 6.75. The number of nitrogens with two attached hydrogens (primary N) is 1. The Hall–Kier alpha value is -2.14. The fourth-order valence-corrected chi connectivity index (χ4v) is 3.14. The molecule has 0 saturated carbocycles. The molecule has 0 spiro atoms. The molecule has 0 bridgehead atoms. The van der Waals surface area contributed by atoms with Crippen LogP contribution in [0.1, 0.15) is 31.9 Å². The van der Waals surface area contributed by atoms with Crippen molar-refractivity contribution in [2.75, 3.05) is 11.1 Å². The predicted octanol–water partition coefficient (Wildman–Crippen LogP) is 5.38. The zero-order chi connectivity index (χ0) is 17.9. The van der Waals surface area contributed by atoms with E-state index in [0.717, 1.165) is 9.79 Å². The SMILES string of the molecule is Cc1ccc(C)c(Sc2cc(NC(=O)OC(C)(C)C)ccc2N)c1. The topological polar surface area (TPSA) is 64.3 Å². The zero-order valence-corrected chi connectivity index (χ0v) is 15.6. The first-order chi connectivity index (χ1) is 11.1. The molecule has 3 N–H and O–H groups in total. The quantitative estimate of drug-likeness (QED) is 0.733. The van der Waals surface area contributed by atoms with Gasteiger partial charge in [0.15, 0.2) is 0 Å². The fraction of sp³-hybridized carbons (Fsp3) is 0.316. The summed E-state index contributed by atoms with van der Waals surface area (Å²) in [6, 6.07) is 11.7. The molecule has 0 saturated heterocycles. The Balaban J connectivity index is 2.19. The molecule has 4 nitrogen and oxygen atoms in total. The maximum atomic E-state index is 11.9. The Morgan fingerprint density at radius 1 is 1.08 bits per heavy atom. The Kier molecular flexibility index (Phi) is 5.44. The van der Waals surface area contributed by atoms with Gasteiger partial charge in [-0.15, -0.1) is 0 Å². The van der Waals surface area contributed by atoms with Crippen molar-refractivity contribution in [2.45, 2.75) is 50.0 Å². The third-order valence-electron chi connectivity index (χ3n) is 3.22. The van der Waals surface area contributed by atoms with Crippen LogP contribution in [0.3, 0.4) is 0 Å². The summed E-state index contributed by atoms with van der Waals surface area (Å²) in [4.78, 5) is 14.0. The molecule has 0 aliphatic heterocycles. The number of amides is 1. The van der Waals surface area contributed by atoms with E-state index in [0.29, 0.717) is 11.4 Å². The number of hydrogen-bond acceptors (Lipinski definition) is 4. The molecule has 0 unspecified atom stereocenters. The molecule has 0 radical (unpaired) electrons. The van der Waals surface area contributed by atoms with Crippen LogP contribution < -0.4 is 11.1 Å². The first-order valence-electron chi connectivity index (χ1n) is 7.79. The minimum Gasteiger partial charge on any atom is -0.444 e. The van der Waals surface area contributed by atoms with Crippen LogP contribution in [-0.2, 0) is 4.74 Å². The van der Waals surface area contributed by atoms with E-state index in [-0.39, 0.29) is 0 Å². The maximum Gasteiger partial charge on any atom is 0.412 e. The number of carbonyl (C=O) groups is 1. The molecule has 0 fully saturated rings. The smallest absolute Gasteiger partial charge is 0.412 e. The van der Waals surface area contributed by atoms with Gasteiger partial charge in [0, 0.05) is 21.2 Å². The van der Waals surface area contributed by atoms with Crippen molar-refractivity contribution in [2.24, 2.45) is 0 Å². The van der Waals surface area contributed by atoms with Gasteiger partial charge >= 0.3 is 6.09 Å². The molecule has 128 valence electrons. The average Bonchev–Trinajstić information content (AvgIpc) is 2.44. The number of aryl methyl sites for hydroxylation is 2. The summed E-state index contributed by atoms with van der Waals surface area (Å²) < 4.78 is 5.28. The van der Waals surface area contributed by atoms with E-state index in [9.17, 15) is 4.79 Å². The van der Waals surface area contributed by atoms with Gasteiger partial charge in [-0.1, -0.05) is 23.9 Å². The van der Waals surface area contributed by atoms with Crippen LogP contribution in [0.25, 0.3) is 0 Å². The third kappa shape index (κ3) is 5.20. The van der Waals surface area contributed by atoms with Gasteiger partial charge < -0.3 is 10.5 Å². The number of nitrogens with one attached hydrogen (secondary N) is 1. The summed E-state index contributed by atoms with van der Waals surface area (Å²) in [6.07, 6.45) is -0.477. The summed E-state index contributed by atoms with van der Waals surface area (Å²) in [5, 5.41) is 2.75. The van der Waals surface area contributed by atoms with Crippen LogP contribution in [0.15, 0.2) is 46.2 Å². The Labute approximate surface area is 147 Å². The first kappa shape index (κ1) is 18.2. The molecule has 2 aromatic carbocycles. The van der Waals surface area contributed by atoms with Crippen LogP contribution >= 0.6 is 11.8 Å². The van der Waals surface area contributed by atoms with E-state index in [4.69, 9.17) is 10.5 Å². The van der Waals surface area contributed by atoms with Crippen LogP contribution in [0.4, 0.5) is 16.2 Å². The van der Waals surface area contributed by atoms with Crippen LogP contribution in [0, 0.1) is 13.8 Å². The molecule has 0 atom stereocenters. The van der Waals surface area contributed by atoms with Gasteiger partial charge in [-0.25, -0.2) is 4.79 Å². The number of carbonyl (C=O) groups excluding carboxylic acids is 1. The molecular formula is C19H24N2O2S. The van der Waals surface area contributed by atoms with E-state index in [2.05, 4.69) is 37.4 Å². The van der Waals surface area contributed by atoms with Gasteiger partial charge in [-0.2, -0.15) is 0 Å². The minimum absolute atomic E-state index is 0.477. The van der Waals surface area contributed by atoms with Crippen molar-refractivity contribution >= 4 is 29.2 Å². The van der Waals surface area contributed by atoms with Crippen molar-refractivity contribution < 1.29 is 9.53 Å². The summed E-state index contributed by atoms with van der Waals surface area (Å²) in [5.74, 6) is 0. The molecular weight excluding hydrogens is 320 g/mol. The lowest BCUT2D eigenvalue weighted by atomic mass is 10.2. The average molecular weight is 344 g/mol. The molecule has 1 amide bonds. The van der Waals surface area contributed by atoms with Gasteiger partial charge in [-0.3, -0.25) is 5.32 Å². The molecule has 2 rings (SSSR count). The summed E-state index contributed by atoms with van der Waals surface area (Å²) in [6.45, 7) is 9.63. The molecule has 0 aliphatic rings. The van der Waals surface area contributed by atoms with E-state index in [1.54, 1.807) is 23.9 Å². The van der Waals surface area contributed by atoms with Gasteiger partial charge in [-0.05, 0) is 70.0 Å². The van der Waals surface area contributed by atoms with Crippen molar-refractivity contribution in [3.63, 3.8) is 0 Å². The van der Waals surface area contributed by atoms with Crippen molar-refractivity contribution in [3.05, 3.63) is 47.5 Å². The number of nitrogen functional groups attached to an aromatic ring is 1. The number of hydrogen-bond donors (Lipinski definition) is 2. The normalized spacial score (nSPS) is 11.2. The molecule has 0 heterocycles. The maximum absolute atomic E-state index is 11.9. The lowest BCUT2D eigenvalue weighted by Gasteiger charge is -2.20. The first-order valence-corrected chi connectivity index (χ1v) is 8.60. The minimum atomic E-state index is -0.534. The fourth-order valence-electron chi connectivity index (χ4n) is 2.06. The largest absolute Gasteiger partial charge is 0.444 e. The van der Waals surface area contributed by atoms with E-state index in [1.807, 2.05) is 26.8 Å². The number of ether oxygens (including phenoxy) is 1. The summed E-state index contributed by atoms with van der Waals surface area (Å²) in [5.41, 5.74) is 9.28. The lowest BCUT2D eigenvalue weighted by Crippen LogP contribution is -2.27. The van der Waals surface area contributed by atoms with E-state index >= 15 is 0 Å². The highest BCUT2D eigenvalue weighted by Crippen LogP contribution is 2.36. The molecule has 0 aliphatic carbocycles. The van der Waals surface area contributed by atoms with Gasteiger partial charge in [0.1, 0.15) is 5.60 Å². The van der Waals surface area contributed by atoms with Crippen LogP contribution in [0.5, 0.6) is 0 Å². The van der Waals surface area contributed by atoms with E-state index in [1.165, 1.54) is 11.1 Å². The predicted molar refractivity (Wildman–Crippen MR) is 101 cm³/mol. The molecule has 2 aromatic rings. The van der Waals surface area contributed by atoms with Crippen molar-refractivity contribution in [3.8, 4) is 0 Å². The summed E-state index contributed by atoms with van der Waals surface area (Å²) in [7, 11) is 0. The molecule has 5 heteroatoms. The Morgan fingerprint density at radius 2 is 1.79 bits per heavy atom. The number of benzene rings is 2. The Bertz CT molecular complexity index is 752. The van der Waals surface area contributed by atoms with Crippen molar-refractivity contribution in [1.82, 2.24) is 0 Å². The highest BCUT2D eigenvalue weighted by molar-refractivity contribution is 7.99. The highest BCUT2D eigenvalue weighted by Gasteiger charge is 2.16. The van der Waals surface area contributed by atoms with Crippen molar-refractivity contribution in [1.29, 1.82) is 0 Å². The monoisotopic (exact) mass is 344 g/mol. The van der Waals surface area contributed by atoms with Crippen LogP contribution in [-0.4, -0.2) is 11.7 Å². The van der Waals surface area contributed by atoms with Crippen LogP contribution in [0.2, 0.25) is 0 Å². The Morgan fingerprint density at radius 3 is 2.46 bits per heavy atom. The van der Waals surface area contributed by atoms with Gasteiger partial charge in [0.25, 0.3) is 0 Å². The van der Waals surface area contributed by atoms with E-state index < -0.39 is 11.7 Å². The second kappa shape index (κ2) is 7.18. The second-order valence-corrected chi connectivity index (χ2v) is 7.83.